The number of esters is 1. The maximum Gasteiger partial charge on any atom is 0.328 e. The summed E-state index contributed by atoms with van der Waals surface area (Å²) in [7, 11) is 1.30. The molecule has 0 aliphatic carbocycles. The fourth-order valence-corrected chi connectivity index (χ4v) is 3.02. The number of carbonyl (C=O) groups excluding carboxylic acids is 3. The number of nitrogens with one attached hydrogen (secondary N) is 1. The molecule has 1 aliphatic heterocycles. The highest BCUT2D eigenvalue weighted by Gasteiger charge is 2.36. The Labute approximate surface area is 161 Å². The number of halogens is 1. The summed E-state index contributed by atoms with van der Waals surface area (Å²) in [6, 6.07) is 6.54. The second-order valence-electron chi connectivity index (χ2n) is 6.52. The van der Waals surface area contributed by atoms with E-state index in [1.165, 1.54) is 12.0 Å². The molecule has 1 heterocycles. The van der Waals surface area contributed by atoms with Crippen LogP contribution in [0.2, 0.25) is 0 Å². The molecule has 1 atom stereocenters. The van der Waals surface area contributed by atoms with Crippen LogP contribution >= 0.6 is 15.9 Å². The van der Waals surface area contributed by atoms with Gasteiger partial charge in [0.25, 0.3) is 5.91 Å². The minimum atomic E-state index is -1.15. The van der Waals surface area contributed by atoms with Crippen LogP contribution in [0.1, 0.15) is 26.7 Å². The molecule has 8 heteroatoms. The highest BCUT2D eigenvalue weighted by molar-refractivity contribution is 9.10. The number of methoxy groups -OCH3 is 1. The predicted octanol–water partition coefficient (Wildman–Crippen LogP) is 1.89. The van der Waals surface area contributed by atoms with E-state index >= 15 is 0 Å². The van der Waals surface area contributed by atoms with Crippen LogP contribution in [-0.4, -0.2) is 54.5 Å². The van der Waals surface area contributed by atoms with Crippen molar-refractivity contribution in [2.75, 3.05) is 20.2 Å². The van der Waals surface area contributed by atoms with Crippen molar-refractivity contribution in [3.05, 3.63) is 28.7 Å². The first-order valence-corrected chi connectivity index (χ1v) is 9.14. The lowest BCUT2D eigenvalue weighted by Gasteiger charge is -2.27. The number of hydrogen-bond acceptors (Lipinski definition) is 5. The highest BCUT2D eigenvalue weighted by atomic mass is 79.9. The maximum absolute atomic E-state index is 12.4. The average Bonchev–Trinajstić information content (AvgIpc) is 3.10. The molecule has 142 valence electrons. The van der Waals surface area contributed by atoms with Gasteiger partial charge in [-0.3, -0.25) is 9.59 Å². The fraction of sp³-hybridized carbons (Fsp3) is 0.500. The summed E-state index contributed by atoms with van der Waals surface area (Å²) >= 11 is 3.34. The number of amides is 2. The minimum Gasteiger partial charge on any atom is -0.478 e. The fourth-order valence-electron chi connectivity index (χ4n) is 2.76. The third-order valence-corrected chi connectivity index (χ3v) is 4.71. The van der Waals surface area contributed by atoms with Gasteiger partial charge in [-0.1, -0.05) is 15.9 Å². The average molecular weight is 427 g/mol. The molecule has 0 radical (unpaired) electrons. The molecule has 0 saturated carbocycles. The summed E-state index contributed by atoms with van der Waals surface area (Å²) in [5, 5.41) is 2.59. The summed E-state index contributed by atoms with van der Waals surface area (Å²) in [5.41, 5.74) is -1.15. The van der Waals surface area contributed by atoms with Crippen molar-refractivity contribution in [1.82, 2.24) is 10.2 Å². The second kappa shape index (κ2) is 8.53. The molecule has 1 aromatic rings. The van der Waals surface area contributed by atoms with E-state index in [0.717, 1.165) is 10.9 Å². The van der Waals surface area contributed by atoms with Gasteiger partial charge in [0.2, 0.25) is 5.91 Å². The topological polar surface area (TPSA) is 84.9 Å². The predicted molar refractivity (Wildman–Crippen MR) is 98.6 cm³/mol. The van der Waals surface area contributed by atoms with E-state index in [1.807, 2.05) is 12.1 Å². The zero-order chi connectivity index (χ0) is 19.3. The van der Waals surface area contributed by atoms with Crippen LogP contribution in [0.5, 0.6) is 5.75 Å². The lowest BCUT2D eigenvalue weighted by molar-refractivity contribution is -0.151. The molecular formula is C18H23BrN2O5. The Hall–Kier alpha value is -2.09. The van der Waals surface area contributed by atoms with Gasteiger partial charge < -0.3 is 19.7 Å². The van der Waals surface area contributed by atoms with E-state index in [-0.39, 0.29) is 12.5 Å². The lowest BCUT2D eigenvalue weighted by Crippen LogP contribution is -2.51. The van der Waals surface area contributed by atoms with Crippen molar-refractivity contribution in [2.24, 2.45) is 0 Å². The van der Waals surface area contributed by atoms with Crippen LogP contribution in [0.15, 0.2) is 28.7 Å². The van der Waals surface area contributed by atoms with Crippen LogP contribution in [0, 0.1) is 0 Å². The van der Waals surface area contributed by atoms with E-state index in [2.05, 4.69) is 21.2 Å². The van der Waals surface area contributed by atoms with Gasteiger partial charge in [0.05, 0.1) is 13.7 Å². The van der Waals surface area contributed by atoms with Crippen molar-refractivity contribution in [1.29, 1.82) is 0 Å². The number of ether oxygens (including phenoxy) is 2. The van der Waals surface area contributed by atoms with E-state index in [0.29, 0.717) is 18.7 Å². The smallest absolute Gasteiger partial charge is 0.328 e. The first-order chi connectivity index (χ1) is 12.2. The van der Waals surface area contributed by atoms with Gasteiger partial charge in [-0.05, 0) is 51.0 Å². The molecule has 0 spiro atoms. The Morgan fingerprint density at radius 1 is 1.27 bits per heavy atom. The number of nitrogens with zero attached hydrogens (tertiary/aromatic N) is 1. The number of likely N-dealkylation sites (tertiary alicyclic amines) is 1. The van der Waals surface area contributed by atoms with Gasteiger partial charge in [-0.25, -0.2) is 4.79 Å². The first kappa shape index (κ1) is 20.2. The molecule has 1 aromatic carbocycles. The largest absolute Gasteiger partial charge is 0.478 e. The molecule has 2 rings (SSSR count). The van der Waals surface area contributed by atoms with Crippen molar-refractivity contribution < 1.29 is 23.9 Å². The lowest BCUT2D eigenvalue weighted by atomic mass is 10.1. The molecule has 2 amide bonds. The number of rotatable bonds is 6. The maximum atomic E-state index is 12.4. The van der Waals surface area contributed by atoms with E-state index < -0.39 is 23.5 Å². The summed E-state index contributed by atoms with van der Waals surface area (Å²) in [5.74, 6) is -0.612. The Kier molecular flexibility index (Phi) is 6.63. The highest BCUT2D eigenvalue weighted by Crippen LogP contribution is 2.21. The van der Waals surface area contributed by atoms with Crippen molar-refractivity contribution in [2.45, 2.75) is 38.3 Å². The zero-order valence-corrected chi connectivity index (χ0v) is 16.7. The Bertz CT molecular complexity index is 675. The van der Waals surface area contributed by atoms with Crippen LogP contribution < -0.4 is 10.1 Å². The number of carbonyl (C=O) groups is 3. The summed E-state index contributed by atoms with van der Waals surface area (Å²) in [6.07, 6.45) is 1.31. The zero-order valence-electron chi connectivity index (χ0n) is 15.1. The normalized spacial score (nSPS) is 16.9. The van der Waals surface area contributed by atoms with Gasteiger partial charge in [0.15, 0.2) is 5.60 Å². The molecule has 0 unspecified atom stereocenters. The van der Waals surface area contributed by atoms with E-state index in [1.54, 1.807) is 26.0 Å². The third-order valence-electron chi connectivity index (χ3n) is 4.18. The molecule has 26 heavy (non-hydrogen) atoms. The minimum absolute atomic E-state index is 0.195. The van der Waals surface area contributed by atoms with Gasteiger partial charge in [0, 0.05) is 11.0 Å². The van der Waals surface area contributed by atoms with Crippen molar-refractivity contribution in [3.63, 3.8) is 0 Å². The molecule has 0 aromatic heterocycles. The molecule has 1 aliphatic rings. The summed E-state index contributed by atoms with van der Waals surface area (Å²) < 4.78 is 11.4. The Balaban J connectivity index is 1.91. The van der Waals surface area contributed by atoms with Crippen LogP contribution in [-0.2, 0) is 19.1 Å². The molecule has 1 N–H and O–H groups in total. The van der Waals surface area contributed by atoms with Gasteiger partial charge in [-0.15, -0.1) is 0 Å². The van der Waals surface area contributed by atoms with Crippen molar-refractivity contribution >= 4 is 33.7 Å². The number of benzene rings is 1. The second-order valence-corrected chi connectivity index (χ2v) is 7.43. The van der Waals surface area contributed by atoms with Gasteiger partial charge in [0.1, 0.15) is 11.8 Å². The molecular weight excluding hydrogens is 404 g/mol. The van der Waals surface area contributed by atoms with Gasteiger partial charge in [-0.2, -0.15) is 0 Å². The standard InChI is InChI=1S/C18H23BrN2O5/c1-18(2,26-13-8-6-12(19)7-9-13)17(24)20-11-15(22)21-10-4-5-14(21)16(23)25-3/h6-9,14H,4-5,10-11H2,1-3H3,(H,20,24)/t14-/m0/s1. The Morgan fingerprint density at radius 2 is 1.92 bits per heavy atom. The third kappa shape index (κ3) is 4.97. The van der Waals surface area contributed by atoms with Gasteiger partial charge >= 0.3 is 5.97 Å². The molecule has 1 fully saturated rings. The molecule has 1 saturated heterocycles. The van der Waals surface area contributed by atoms with Crippen molar-refractivity contribution in [3.8, 4) is 5.75 Å². The summed E-state index contributed by atoms with van der Waals surface area (Å²) in [6.45, 7) is 3.54. The molecule has 0 bridgehead atoms. The summed E-state index contributed by atoms with van der Waals surface area (Å²) in [4.78, 5) is 38.0. The van der Waals surface area contributed by atoms with Crippen LogP contribution in [0.25, 0.3) is 0 Å². The van der Waals surface area contributed by atoms with Crippen LogP contribution in [0.3, 0.4) is 0 Å². The van der Waals surface area contributed by atoms with E-state index in [9.17, 15) is 14.4 Å². The number of hydrogen-bond donors (Lipinski definition) is 1. The van der Waals surface area contributed by atoms with E-state index in [4.69, 9.17) is 9.47 Å². The monoisotopic (exact) mass is 426 g/mol. The first-order valence-electron chi connectivity index (χ1n) is 8.35. The molecule has 7 nitrogen and oxygen atoms in total. The SMILES string of the molecule is COC(=O)[C@@H]1CCCN1C(=O)CNC(=O)C(C)(C)Oc1ccc(Br)cc1. The quantitative estimate of drug-likeness (QED) is 0.701. The Morgan fingerprint density at radius 3 is 2.54 bits per heavy atom. The van der Waals surface area contributed by atoms with Crippen LogP contribution in [0.4, 0.5) is 0 Å².